The van der Waals surface area contributed by atoms with Gasteiger partial charge in [0, 0.05) is 24.9 Å². The van der Waals surface area contributed by atoms with E-state index in [-0.39, 0.29) is 11.8 Å². The zero-order valence-electron chi connectivity index (χ0n) is 16.0. The van der Waals surface area contributed by atoms with Gasteiger partial charge in [0.25, 0.3) is 0 Å². The minimum atomic E-state index is 0.151. The number of rotatable bonds is 5. The van der Waals surface area contributed by atoms with Crippen molar-refractivity contribution in [1.29, 1.82) is 0 Å². The van der Waals surface area contributed by atoms with E-state index in [2.05, 4.69) is 15.0 Å². The molecular formula is C20H32N4O2. The van der Waals surface area contributed by atoms with Crippen molar-refractivity contribution in [3.05, 3.63) is 11.7 Å². The van der Waals surface area contributed by atoms with Crippen LogP contribution in [-0.4, -0.2) is 52.0 Å². The van der Waals surface area contributed by atoms with Crippen molar-refractivity contribution in [2.45, 2.75) is 82.7 Å². The molecule has 4 rings (SSSR count). The minimum absolute atomic E-state index is 0.151. The van der Waals surface area contributed by atoms with Crippen LogP contribution in [0.4, 0.5) is 0 Å². The topological polar surface area (TPSA) is 62.5 Å². The first-order valence-corrected chi connectivity index (χ1v) is 10.5. The number of carbonyl (C=O) groups excluding carboxylic acids is 1. The zero-order chi connectivity index (χ0) is 17.9. The first kappa shape index (κ1) is 18.0. The van der Waals surface area contributed by atoms with E-state index in [9.17, 15) is 4.79 Å². The highest BCUT2D eigenvalue weighted by atomic mass is 16.5. The average molecular weight is 361 g/mol. The van der Waals surface area contributed by atoms with Gasteiger partial charge < -0.3 is 14.3 Å². The molecule has 0 atom stereocenters. The van der Waals surface area contributed by atoms with Crippen LogP contribution in [-0.2, 0) is 11.3 Å². The number of piperidine rings is 1. The van der Waals surface area contributed by atoms with Crippen LogP contribution in [0.3, 0.4) is 0 Å². The summed E-state index contributed by atoms with van der Waals surface area (Å²) in [6.45, 7) is 2.60. The molecule has 1 saturated heterocycles. The van der Waals surface area contributed by atoms with Crippen molar-refractivity contribution in [3.8, 4) is 0 Å². The van der Waals surface area contributed by atoms with Gasteiger partial charge in [0.15, 0.2) is 5.82 Å². The second-order valence-electron chi connectivity index (χ2n) is 8.47. The Morgan fingerprint density at radius 3 is 2.46 bits per heavy atom. The van der Waals surface area contributed by atoms with Gasteiger partial charge in [-0.1, -0.05) is 30.8 Å². The summed E-state index contributed by atoms with van der Waals surface area (Å²) in [4.78, 5) is 21.7. The molecule has 0 aromatic carbocycles. The van der Waals surface area contributed by atoms with Crippen LogP contribution in [0.15, 0.2) is 4.52 Å². The van der Waals surface area contributed by atoms with E-state index in [0.29, 0.717) is 18.3 Å². The molecule has 1 aromatic rings. The third-order valence-electron chi connectivity index (χ3n) is 6.66. The Morgan fingerprint density at radius 2 is 1.81 bits per heavy atom. The van der Waals surface area contributed by atoms with Crippen LogP contribution < -0.4 is 0 Å². The van der Waals surface area contributed by atoms with E-state index < -0.39 is 0 Å². The predicted molar refractivity (Wildman–Crippen MR) is 98.5 cm³/mol. The molecular weight excluding hydrogens is 328 g/mol. The summed E-state index contributed by atoms with van der Waals surface area (Å²) in [6, 6.07) is 0.766. The van der Waals surface area contributed by atoms with E-state index in [1.807, 2.05) is 7.05 Å². The SMILES string of the molecule is CN(Cc1noc(C2CCC2)n1)C(=O)C1CCN(C2CCCCC2)CC1. The second kappa shape index (κ2) is 8.07. The summed E-state index contributed by atoms with van der Waals surface area (Å²) < 4.78 is 5.37. The van der Waals surface area contributed by atoms with Gasteiger partial charge in [-0.15, -0.1) is 0 Å². The molecule has 3 aliphatic rings. The molecule has 0 N–H and O–H groups in total. The lowest BCUT2D eigenvalue weighted by molar-refractivity contribution is -0.136. The molecule has 6 nitrogen and oxygen atoms in total. The Morgan fingerprint density at radius 1 is 1.08 bits per heavy atom. The summed E-state index contributed by atoms with van der Waals surface area (Å²) in [5.74, 6) is 2.23. The zero-order valence-corrected chi connectivity index (χ0v) is 16.0. The summed E-state index contributed by atoms with van der Waals surface area (Å²) in [6.07, 6.45) is 12.4. The van der Waals surface area contributed by atoms with Crippen LogP contribution in [0, 0.1) is 5.92 Å². The molecule has 6 heteroatoms. The van der Waals surface area contributed by atoms with E-state index in [0.717, 1.165) is 50.7 Å². The van der Waals surface area contributed by atoms with Crippen molar-refractivity contribution in [1.82, 2.24) is 19.9 Å². The Labute approximate surface area is 156 Å². The van der Waals surface area contributed by atoms with Crippen LogP contribution in [0.2, 0.25) is 0 Å². The molecule has 0 unspecified atom stereocenters. The summed E-state index contributed by atoms with van der Waals surface area (Å²) >= 11 is 0. The van der Waals surface area contributed by atoms with Gasteiger partial charge in [0.1, 0.15) is 0 Å². The van der Waals surface area contributed by atoms with Gasteiger partial charge in [-0.05, 0) is 51.6 Å². The first-order valence-electron chi connectivity index (χ1n) is 10.5. The van der Waals surface area contributed by atoms with Gasteiger partial charge >= 0.3 is 0 Å². The largest absolute Gasteiger partial charge is 0.339 e. The van der Waals surface area contributed by atoms with Gasteiger partial charge in [-0.2, -0.15) is 4.98 Å². The fourth-order valence-electron chi connectivity index (χ4n) is 4.71. The van der Waals surface area contributed by atoms with Gasteiger partial charge in [-0.25, -0.2) is 0 Å². The maximum absolute atomic E-state index is 12.8. The third-order valence-corrected chi connectivity index (χ3v) is 6.66. The molecule has 1 aliphatic heterocycles. The van der Waals surface area contributed by atoms with E-state index in [1.165, 1.54) is 38.5 Å². The lowest BCUT2D eigenvalue weighted by Gasteiger charge is -2.39. The van der Waals surface area contributed by atoms with Crippen LogP contribution >= 0.6 is 0 Å². The molecule has 0 radical (unpaired) electrons. The van der Waals surface area contributed by atoms with Crippen molar-refractivity contribution in [2.75, 3.05) is 20.1 Å². The molecule has 3 fully saturated rings. The fourth-order valence-corrected chi connectivity index (χ4v) is 4.71. The van der Waals surface area contributed by atoms with Gasteiger partial charge in [0.2, 0.25) is 11.8 Å². The third kappa shape index (κ3) is 3.95. The average Bonchev–Trinajstić information content (AvgIpc) is 3.08. The van der Waals surface area contributed by atoms with Crippen molar-refractivity contribution < 1.29 is 9.32 Å². The highest BCUT2D eigenvalue weighted by Gasteiger charge is 2.31. The standard InChI is InChI=1S/C20H32N4O2/c1-23(14-18-21-19(26-22-18)15-6-5-7-15)20(25)16-10-12-24(13-11-16)17-8-3-2-4-9-17/h15-17H,2-14H2,1H3. The molecule has 1 amide bonds. The van der Waals surface area contributed by atoms with Crippen LogP contribution in [0.5, 0.6) is 0 Å². The molecule has 0 spiro atoms. The van der Waals surface area contributed by atoms with E-state index in [4.69, 9.17) is 4.52 Å². The highest BCUT2D eigenvalue weighted by Crippen LogP contribution is 2.35. The molecule has 2 saturated carbocycles. The second-order valence-corrected chi connectivity index (χ2v) is 8.47. The number of hydrogen-bond donors (Lipinski definition) is 0. The van der Waals surface area contributed by atoms with E-state index >= 15 is 0 Å². The molecule has 0 bridgehead atoms. The number of nitrogens with zero attached hydrogens (tertiary/aromatic N) is 4. The number of aromatic nitrogens is 2. The molecule has 144 valence electrons. The maximum atomic E-state index is 12.8. The number of amides is 1. The van der Waals surface area contributed by atoms with Gasteiger partial charge in [-0.3, -0.25) is 4.79 Å². The monoisotopic (exact) mass is 360 g/mol. The lowest BCUT2D eigenvalue weighted by atomic mass is 9.85. The van der Waals surface area contributed by atoms with Gasteiger partial charge in [0.05, 0.1) is 6.54 Å². The fraction of sp³-hybridized carbons (Fsp3) is 0.850. The normalized spacial score (nSPS) is 23.7. The molecule has 2 aliphatic carbocycles. The summed E-state index contributed by atoms with van der Waals surface area (Å²) in [5.41, 5.74) is 0. The predicted octanol–water partition coefficient (Wildman–Crippen LogP) is 3.34. The molecule has 1 aromatic heterocycles. The summed E-state index contributed by atoms with van der Waals surface area (Å²) in [7, 11) is 1.87. The van der Waals surface area contributed by atoms with E-state index in [1.54, 1.807) is 4.90 Å². The summed E-state index contributed by atoms with van der Waals surface area (Å²) in [5, 5.41) is 4.07. The van der Waals surface area contributed by atoms with Crippen molar-refractivity contribution in [3.63, 3.8) is 0 Å². The quantitative estimate of drug-likeness (QED) is 0.806. The number of likely N-dealkylation sites (tertiary alicyclic amines) is 1. The molecule has 26 heavy (non-hydrogen) atoms. The van der Waals surface area contributed by atoms with Crippen LogP contribution in [0.25, 0.3) is 0 Å². The lowest BCUT2D eigenvalue weighted by Crippen LogP contribution is -2.45. The van der Waals surface area contributed by atoms with Crippen molar-refractivity contribution in [2.24, 2.45) is 5.92 Å². The smallest absolute Gasteiger partial charge is 0.229 e. The Balaban J connectivity index is 1.25. The number of carbonyl (C=O) groups is 1. The Hall–Kier alpha value is -1.43. The maximum Gasteiger partial charge on any atom is 0.229 e. The Bertz CT molecular complexity index is 599. The molecule has 2 heterocycles. The Kier molecular flexibility index (Phi) is 5.57. The van der Waals surface area contributed by atoms with Crippen molar-refractivity contribution >= 4 is 5.91 Å². The number of hydrogen-bond acceptors (Lipinski definition) is 5. The highest BCUT2D eigenvalue weighted by molar-refractivity contribution is 5.78. The minimum Gasteiger partial charge on any atom is -0.339 e. The van der Waals surface area contributed by atoms with Crippen LogP contribution in [0.1, 0.15) is 81.8 Å². The first-order chi connectivity index (χ1) is 12.7.